The van der Waals surface area contributed by atoms with Crippen LogP contribution < -0.4 is 4.90 Å². The third-order valence-electron chi connectivity index (χ3n) is 3.84. The number of hydrogen-bond acceptors (Lipinski definition) is 5. The predicted molar refractivity (Wildman–Crippen MR) is 91.7 cm³/mol. The Bertz CT molecular complexity index is 807. The lowest BCUT2D eigenvalue weighted by Gasteiger charge is -2.23. The van der Waals surface area contributed by atoms with Gasteiger partial charge in [0, 0.05) is 44.0 Å². The first-order chi connectivity index (χ1) is 12.0. The van der Waals surface area contributed by atoms with E-state index in [1.807, 2.05) is 4.90 Å². The molecular formula is C15H14Cl2FN5O2. The van der Waals surface area contributed by atoms with E-state index in [9.17, 15) is 9.18 Å². The van der Waals surface area contributed by atoms with Gasteiger partial charge in [0.15, 0.2) is 16.8 Å². The number of anilines is 1. The van der Waals surface area contributed by atoms with Crippen molar-refractivity contribution in [3.05, 3.63) is 34.5 Å². The van der Waals surface area contributed by atoms with Crippen LogP contribution in [0.4, 0.5) is 15.0 Å². The third-order valence-corrected chi connectivity index (χ3v) is 4.56. The van der Waals surface area contributed by atoms with Crippen LogP contribution in [-0.4, -0.2) is 57.2 Å². The van der Waals surface area contributed by atoms with Crippen LogP contribution in [0, 0.1) is 5.95 Å². The molecule has 0 bridgehead atoms. The SMILES string of the molecule is O=C(O)N1CCCN(c2nc(-c3ccnc(F)c3)nc(Cl)c2Cl)CC1. The van der Waals surface area contributed by atoms with E-state index in [4.69, 9.17) is 28.3 Å². The van der Waals surface area contributed by atoms with E-state index in [1.54, 1.807) is 6.07 Å². The standard InChI is InChI=1S/C15H14Cl2FN5O2/c16-11-12(17)20-13(9-2-3-19-10(18)8-9)21-14(11)22-4-1-5-23(7-6-22)15(24)25/h2-3,8H,1,4-7H2,(H,24,25). The average molecular weight is 386 g/mol. The number of nitrogens with zero attached hydrogens (tertiary/aromatic N) is 5. The van der Waals surface area contributed by atoms with Crippen molar-refractivity contribution in [2.75, 3.05) is 31.1 Å². The summed E-state index contributed by atoms with van der Waals surface area (Å²) >= 11 is 12.4. The number of pyridine rings is 1. The average Bonchev–Trinajstić information content (AvgIpc) is 2.83. The van der Waals surface area contributed by atoms with Crippen molar-refractivity contribution < 1.29 is 14.3 Å². The fraction of sp³-hybridized carbons (Fsp3) is 0.333. The Morgan fingerprint density at radius 3 is 2.72 bits per heavy atom. The molecule has 0 aromatic carbocycles. The normalized spacial score (nSPS) is 15.2. The smallest absolute Gasteiger partial charge is 0.407 e. The van der Waals surface area contributed by atoms with Crippen LogP contribution in [0.1, 0.15) is 6.42 Å². The molecule has 1 N–H and O–H groups in total. The van der Waals surface area contributed by atoms with Crippen LogP contribution in [0.2, 0.25) is 10.2 Å². The van der Waals surface area contributed by atoms with Gasteiger partial charge in [-0.25, -0.2) is 19.7 Å². The van der Waals surface area contributed by atoms with Gasteiger partial charge in [-0.1, -0.05) is 23.2 Å². The Labute approximate surface area is 153 Å². The molecule has 1 aliphatic rings. The van der Waals surface area contributed by atoms with Crippen molar-refractivity contribution >= 4 is 35.1 Å². The minimum Gasteiger partial charge on any atom is -0.465 e. The molecule has 0 spiro atoms. The Balaban J connectivity index is 1.94. The molecule has 0 aliphatic carbocycles. The van der Waals surface area contributed by atoms with Crippen LogP contribution in [0.25, 0.3) is 11.4 Å². The summed E-state index contributed by atoms with van der Waals surface area (Å²) in [5.74, 6) is -0.0215. The minimum atomic E-state index is -0.957. The zero-order chi connectivity index (χ0) is 18.0. The molecule has 3 rings (SSSR count). The lowest BCUT2D eigenvalue weighted by molar-refractivity contribution is 0.148. The summed E-state index contributed by atoms with van der Waals surface area (Å²) in [6, 6.07) is 2.78. The molecule has 1 saturated heterocycles. The van der Waals surface area contributed by atoms with Gasteiger partial charge >= 0.3 is 6.09 Å². The highest BCUT2D eigenvalue weighted by Crippen LogP contribution is 2.32. The summed E-state index contributed by atoms with van der Waals surface area (Å²) in [7, 11) is 0. The van der Waals surface area contributed by atoms with Crippen molar-refractivity contribution in [2.24, 2.45) is 0 Å². The van der Waals surface area contributed by atoms with E-state index in [-0.39, 0.29) is 16.0 Å². The van der Waals surface area contributed by atoms with Gasteiger partial charge < -0.3 is 14.9 Å². The second kappa shape index (κ2) is 7.37. The van der Waals surface area contributed by atoms with Crippen LogP contribution in [0.5, 0.6) is 0 Å². The molecule has 1 amide bonds. The van der Waals surface area contributed by atoms with E-state index in [1.165, 1.54) is 17.2 Å². The number of aromatic nitrogens is 3. The molecule has 0 atom stereocenters. The van der Waals surface area contributed by atoms with Crippen molar-refractivity contribution in [1.29, 1.82) is 0 Å². The van der Waals surface area contributed by atoms with Crippen molar-refractivity contribution in [3.8, 4) is 11.4 Å². The molecule has 7 nitrogen and oxygen atoms in total. The second-order valence-corrected chi connectivity index (χ2v) is 6.19. The number of carboxylic acid groups (broad SMARTS) is 1. The number of carbonyl (C=O) groups is 1. The predicted octanol–water partition coefficient (Wildman–Crippen LogP) is 3.17. The topological polar surface area (TPSA) is 82.5 Å². The zero-order valence-corrected chi connectivity index (χ0v) is 14.5. The van der Waals surface area contributed by atoms with E-state index < -0.39 is 12.0 Å². The van der Waals surface area contributed by atoms with Crippen molar-refractivity contribution in [2.45, 2.75) is 6.42 Å². The van der Waals surface area contributed by atoms with Gasteiger partial charge in [-0.05, 0) is 12.5 Å². The Hall–Kier alpha value is -2.19. The molecule has 10 heteroatoms. The molecule has 1 aliphatic heterocycles. The highest BCUT2D eigenvalue weighted by atomic mass is 35.5. The van der Waals surface area contributed by atoms with Gasteiger partial charge in [-0.3, -0.25) is 0 Å². The number of hydrogen-bond donors (Lipinski definition) is 1. The first kappa shape index (κ1) is 17.6. The maximum Gasteiger partial charge on any atom is 0.407 e. The maximum atomic E-state index is 13.4. The lowest BCUT2D eigenvalue weighted by atomic mass is 10.2. The Morgan fingerprint density at radius 1 is 1.20 bits per heavy atom. The maximum absolute atomic E-state index is 13.4. The number of amides is 1. The molecule has 2 aromatic rings. The van der Waals surface area contributed by atoms with E-state index >= 15 is 0 Å². The van der Waals surface area contributed by atoms with Gasteiger partial charge in [0.2, 0.25) is 5.95 Å². The van der Waals surface area contributed by atoms with Gasteiger partial charge in [-0.15, -0.1) is 0 Å². The van der Waals surface area contributed by atoms with Gasteiger partial charge in [0.05, 0.1) is 0 Å². The van der Waals surface area contributed by atoms with Gasteiger partial charge in [-0.2, -0.15) is 4.39 Å². The molecule has 2 aromatic heterocycles. The Kier molecular flexibility index (Phi) is 5.19. The largest absolute Gasteiger partial charge is 0.465 e. The first-order valence-electron chi connectivity index (χ1n) is 7.53. The second-order valence-electron chi connectivity index (χ2n) is 5.45. The summed E-state index contributed by atoms with van der Waals surface area (Å²) in [6.07, 6.45) is 0.984. The highest BCUT2D eigenvalue weighted by Gasteiger charge is 2.23. The third kappa shape index (κ3) is 3.91. The van der Waals surface area contributed by atoms with E-state index in [2.05, 4.69) is 15.0 Å². The minimum absolute atomic E-state index is 0.0539. The van der Waals surface area contributed by atoms with Crippen molar-refractivity contribution in [1.82, 2.24) is 19.9 Å². The summed E-state index contributed by atoms with van der Waals surface area (Å²) in [5, 5.41) is 9.37. The number of halogens is 3. The van der Waals surface area contributed by atoms with Crippen LogP contribution >= 0.6 is 23.2 Å². The van der Waals surface area contributed by atoms with E-state index in [0.717, 1.165) is 0 Å². The first-order valence-corrected chi connectivity index (χ1v) is 8.29. The summed E-state index contributed by atoms with van der Waals surface area (Å²) < 4.78 is 13.4. The fourth-order valence-corrected chi connectivity index (χ4v) is 2.98. The number of rotatable bonds is 2. The molecule has 3 heterocycles. The molecule has 132 valence electrons. The monoisotopic (exact) mass is 385 g/mol. The highest BCUT2D eigenvalue weighted by molar-refractivity contribution is 6.42. The van der Waals surface area contributed by atoms with Crippen LogP contribution in [-0.2, 0) is 0 Å². The lowest BCUT2D eigenvalue weighted by Crippen LogP contribution is -2.34. The van der Waals surface area contributed by atoms with Crippen LogP contribution in [0.15, 0.2) is 18.3 Å². The van der Waals surface area contributed by atoms with Crippen molar-refractivity contribution in [3.63, 3.8) is 0 Å². The summed E-state index contributed by atoms with van der Waals surface area (Å²) in [4.78, 5) is 26.4. The molecule has 25 heavy (non-hydrogen) atoms. The Morgan fingerprint density at radius 2 is 2.00 bits per heavy atom. The fourth-order valence-electron chi connectivity index (χ4n) is 2.61. The molecule has 0 radical (unpaired) electrons. The van der Waals surface area contributed by atoms with E-state index in [0.29, 0.717) is 44.0 Å². The van der Waals surface area contributed by atoms with Gasteiger partial charge in [0.1, 0.15) is 5.02 Å². The molecule has 1 fully saturated rings. The summed E-state index contributed by atoms with van der Waals surface area (Å²) in [5.41, 5.74) is 0.425. The zero-order valence-electron chi connectivity index (χ0n) is 13.0. The quantitative estimate of drug-likeness (QED) is 0.631. The molecule has 0 unspecified atom stereocenters. The molecular weight excluding hydrogens is 372 g/mol. The van der Waals surface area contributed by atoms with Crippen LogP contribution in [0.3, 0.4) is 0 Å². The summed E-state index contributed by atoms with van der Waals surface area (Å²) in [6.45, 7) is 1.75. The van der Waals surface area contributed by atoms with Gasteiger partial charge in [0.25, 0.3) is 0 Å². The molecule has 0 saturated carbocycles.